The van der Waals surface area contributed by atoms with Crippen LogP contribution in [0.25, 0.3) is 27.6 Å². The highest BCUT2D eigenvalue weighted by Crippen LogP contribution is 2.35. The Balaban J connectivity index is 1.92. The van der Waals surface area contributed by atoms with E-state index in [1.54, 1.807) is 12.1 Å². The Morgan fingerprint density at radius 2 is 1.64 bits per heavy atom. The van der Waals surface area contributed by atoms with E-state index in [2.05, 4.69) is 13.5 Å². The van der Waals surface area contributed by atoms with Gasteiger partial charge in [0, 0.05) is 9.75 Å². The molecule has 0 spiro atoms. The lowest BCUT2D eigenvalue weighted by Gasteiger charge is -2.08. The average molecular weight is 354 g/mol. The minimum absolute atomic E-state index is 0.0291. The molecule has 25 heavy (non-hydrogen) atoms. The highest BCUT2D eigenvalue weighted by Gasteiger charge is 2.15. The molecule has 2 aromatic carbocycles. The Hall–Kier alpha value is -2.26. The molecule has 0 saturated heterocycles. The second-order valence-corrected chi connectivity index (χ2v) is 7.14. The van der Waals surface area contributed by atoms with E-state index in [-0.39, 0.29) is 5.56 Å². The second-order valence-electron chi connectivity index (χ2n) is 6.02. The Morgan fingerprint density at radius 1 is 0.960 bits per heavy atom. The van der Waals surface area contributed by atoms with Gasteiger partial charge in [-0.15, -0.1) is 11.3 Å². The van der Waals surface area contributed by atoms with E-state index in [0.29, 0.717) is 10.4 Å². The number of thiophene rings is 1. The molecule has 0 bridgehead atoms. The zero-order valence-electron chi connectivity index (χ0n) is 14.2. The van der Waals surface area contributed by atoms with Crippen LogP contribution < -0.4 is 0 Å². The number of unbranched alkanes of at least 4 members (excludes halogenated alkanes) is 1. The molecule has 1 aromatic heterocycles. The molecule has 0 unspecified atom stereocenters. The summed E-state index contributed by atoms with van der Waals surface area (Å²) in [5.74, 6) is -1.08. The Kier molecular flexibility index (Phi) is 5.44. The molecule has 1 heterocycles. The summed E-state index contributed by atoms with van der Waals surface area (Å²) >= 11 is 1.33. The number of rotatable bonds is 6. The Morgan fingerprint density at radius 3 is 2.20 bits per heavy atom. The highest BCUT2D eigenvalue weighted by atomic mass is 32.1. The summed E-state index contributed by atoms with van der Waals surface area (Å²) in [5, 5.41) is 0. The van der Waals surface area contributed by atoms with E-state index in [0.717, 1.165) is 29.7 Å². The number of hydrogen-bond acceptors (Lipinski definition) is 1. The third-order valence-corrected chi connectivity index (χ3v) is 5.32. The Labute approximate surface area is 151 Å². The van der Waals surface area contributed by atoms with Crippen LogP contribution in [0.15, 0.2) is 55.1 Å². The van der Waals surface area contributed by atoms with Gasteiger partial charge in [0.25, 0.3) is 0 Å². The molecular weight excluding hydrogens is 334 g/mol. The highest BCUT2D eigenvalue weighted by molar-refractivity contribution is 7.16. The van der Waals surface area contributed by atoms with Gasteiger partial charge in [-0.2, -0.15) is 0 Å². The van der Waals surface area contributed by atoms with Crippen molar-refractivity contribution in [2.24, 2.45) is 0 Å². The minimum Gasteiger partial charge on any atom is -0.206 e. The van der Waals surface area contributed by atoms with Crippen LogP contribution in [0.3, 0.4) is 0 Å². The van der Waals surface area contributed by atoms with Crippen molar-refractivity contribution in [1.82, 2.24) is 0 Å². The molecular formula is C22H20F2S. The molecule has 0 aliphatic heterocycles. The lowest BCUT2D eigenvalue weighted by molar-refractivity contribution is 0.591. The van der Waals surface area contributed by atoms with Gasteiger partial charge in [0.05, 0.1) is 5.56 Å². The summed E-state index contributed by atoms with van der Waals surface area (Å²) in [4.78, 5) is 1.46. The monoisotopic (exact) mass is 354 g/mol. The lowest BCUT2D eigenvalue weighted by Crippen LogP contribution is -1.91. The number of aryl methyl sites for hydroxylation is 1. The molecule has 3 rings (SSSR count). The summed E-state index contributed by atoms with van der Waals surface area (Å²) in [6, 6.07) is 14.3. The fraction of sp³-hybridized carbons (Fsp3) is 0.182. The van der Waals surface area contributed by atoms with Gasteiger partial charge in [-0.05, 0) is 53.8 Å². The van der Waals surface area contributed by atoms with Crippen LogP contribution >= 0.6 is 11.3 Å². The van der Waals surface area contributed by atoms with Gasteiger partial charge in [-0.25, -0.2) is 8.78 Å². The van der Waals surface area contributed by atoms with Crippen LogP contribution in [0.2, 0.25) is 0 Å². The fourth-order valence-electron chi connectivity index (χ4n) is 2.82. The predicted octanol–water partition coefficient (Wildman–Crippen LogP) is 7.35. The zero-order valence-corrected chi connectivity index (χ0v) is 15.0. The van der Waals surface area contributed by atoms with E-state index < -0.39 is 11.6 Å². The molecule has 0 amide bonds. The molecule has 0 fully saturated rings. The van der Waals surface area contributed by atoms with Crippen molar-refractivity contribution in [3.63, 3.8) is 0 Å². The number of hydrogen-bond donors (Lipinski definition) is 0. The van der Waals surface area contributed by atoms with E-state index in [4.69, 9.17) is 0 Å². The lowest BCUT2D eigenvalue weighted by atomic mass is 9.99. The van der Waals surface area contributed by atoms with Gasteiger partial charge in [0.15, 0.2) is 0 Å². The molecule has 0 aliphatic carbocycles. The maximum Gasteiger partial charge on any atom is 0.135 e. The molecule has 0 radical (unpaired) electrons. The van der Waals surface area contributed by atoms with Crippen molar-refractivity contribution in [2.75, 3.05) is 0 Å². The number of benzene rings is 2. The number of halogens is 2. The third-order valence-electron chi connectivity index (χ3n) is 4.22. The van der Waals surface area contributed by atoms with Crippen molar-refractivity contribution >= 4 is 17.4 Å². The maximum absolute atomic E-state index is 14.6. The first-order valence-electron chi connectivity index (χ1n) is 8.43. The van der Waals surface area contributed by atoms with Gasteiger partial charge in [-0.1, -0.05) is 50.3 Å². The van der Waals surface area contributed by atoms with Crippen molar-refractivity contribution in [1.29, 1.82) is 0 Å². The fourth-order valence-corrected chi connectivity index (χ4v) is 3.72. The quantitative estimate of drug-likeness (QED) is 0.434. The standard InChI is InChI=1S/C22H20F2S/c1-3-5-6-15-7-9-16(10-8-15)17-13-19(23)22(20(24)14-17)21-12-11-18(4-2)25-21/h4,7-14H,2-3,5-6H2,1H3. The minimum atomic E-state index is -0.539. The maximum atomic E-state index is 14.6. The normalized spacial score (nSPS) is 10.8. The summed E-state index contributed by atoms with van der Waals surface area (Å²) < 4.78 is 29.2. The van der Waals surface area contributed by atoms with Crippen molar-refractivity contribution in [2.45, 2.75) is 26.2 Å². The van der Waals surface area contributed by atoms with E-state index in [1.807, 2.05) is 30.3 Å². The van der Waals surface area contributed by atoms with E-state index in [1.165, 1.54) is 29.0 Å². The van der Waals surface area contributed by atoms with Crippen LogP contribution in [-0.2, 0) is 6.42 Å². The molecule has 0 aliphatic rings. The first-order valence-corrected chi connectivity index (χ1v) is 9.25. The first kappa shape index (κ1) is 17.6. The Bertz CT molecular complexity index is 852. The van der Waals surface area contributed by atoms with E-state index >= 15 is 0 Å². The van der Waals surface area contributed by atoms with Crippen LogP contribution in [0.1, 0.15) is 30.2 Å². The van der Waals surface area contributed by atoms with Crippen molar-refractivity contribution in [3.8, 4) is 21.6 Å². The van der Waals surface area contributed by atoms with Crippen molar-refractivity contribution < 1.29 is 8.78 Å². The second kappa shape index (κ2) is 7.75. The smallest absolute Gasteiger partial charge is 0.135 e. The predicted molar refractivity (Wildman–Crippen MR) is 104 cm³/mol. The SMILES string of the molecule is C=Cc1ccc(-c2c(F)cc(-c3ccc(CCCC)cc3)cc2F)s1. The summed E-state index contributed by atoms with van der Waals surface area (Å²) in [6.07, 6.45) is 5.00. The topological polar surface area (TPSA) is 0 Å². The summed E-state index contributed by atoms with van der Waals surface area (Å²) in [7, 11) is 0. The summed E-state index contributed by atoms with van der Waals surface area (Å²) in [6.45, 7) is 5.84. The first-order chi connectivity index (χ1) is 12.1. The molecule has 0 saturated carbocycles. The van der Waals surface area contributed by atoms with Crippen LogP contribution in [0.5, 0.6) is 0 Å². The van der Waals surface area contributed by atoms with Gasteiger partial charge >= 0.3 is 0 Å². The largest absolute Gasteiger partial charge is 0.206 e. The van der Waals surface area contributed by atoms with Gasteiger partial charge in [0.2, 0.25) is 0 Å². The molecule has 0 N–H and O–H groups in total. The molecule has 3 aromatic rings. The third kappa shape index (κ3) is 3.88. The van der Waals surface area contributed by atoms with E-state index in [9.17, 15) is 8.78 Å². The van der Waals surface area contributed by atoms with Crippen molar-refractivity contribution in [3.05, 3.63) is 77.2 Å². The molecule has 0 atom stereocenters. The van der Waals surface area contributed by atoms with Crippen LogP contribution in [0, 0.1) is 11.6 Å². The molecule has 3 heteroatoms. The van der Waals surface area contributed by atoms with Crippen LogP contribution in [-0.4, -0.2) is 0 Å². The van der Waals surface area contributed by atoms with Gasteiger partial charge in [-0.3, -0.25) is 0 Å². The molecule has 0 nitrogen and oxygen atoms in total. The molecule has 128 valence electrons. The zero-order chi connectivity index (χ0) is 17.8. The summed E-state index contributed by atoms with van der Waals surface area (Å²) in [5.41, 5.74) is 2.66. The van der Waals surface area contributed by atoms with Gasteiger partial charge in [0.1, 0.15) is 11.6 Å². The van der Waals surface area contributed by atoms with Crippen LogP contribution in [0.4, 0.5) is 8.78 Å². The van der Waals surface area contributed by atoms with Gasteiger partial charge < -0.3 is 0 Å². The average Bonchev–Trinajstić information content (AvgIpc) is 3.08.